The molecule has 0 bridgehead atoms. The summed E-state index contributed by atoms with van der Waals surface area (Å²) in [6.07, 6.45) is 2.55. The van der Waals surface area contributed by atoms with Crippen LogP contribution in [0.15, 0.2) is 18.2 Å². The molecule has 0 amide bonds. The van der Waals surface area contributed by atoms with E-state index in [9.17, 15) is 0 Å². The summed E-state index contributed by atoms with van der Waals surface area (Å²) >= 11 is 0. The van der Waals surface area contributed by atoms with Gasteiger partial charge in [0.25, 0.3) is 0 Å². The molecule has 0 radical (unpaired) electrons. The van der Waals surface area contributed by atoms with Crippen molar-refractivity contribution < 1.29 is 0 Å². The Kier molecular flexibility index (Phi) is 2.36. The lowest BCUT2D eigenvalue weighted by Crippen LogP contribution is -2.60. The third kappa shape index (κ3) is 1.28. The number of benzene rings is 1. The summed E-state index contributed by atoms with van der Waals surface area (Å²) in [5.41, 5.74) is 5.22. The highest BCUT2D eigenvalue weighted by atomic mass is 15.2. The van der Waals surface area contributed by atoms with Crippen molar-refractivity contribution >= 4 is 5.69 Å². The van der Waals surface area contributed by atoms with Gasteiger partial charge in [0.1, 0.15) is 0 Å². The molecule has 2 aliphatic heterocycles. The maximum atomic E-state index is 2.68. The fourth-order valence-electron chi connectivity index (χ4n) is 3.86. The zero-order valence-corrected chi connectivity index (χ0v) is 12.4. The fraction of sp³-hybridized carbons (Fsp3) is 0.647. The highest BCUT2D eigenvalue weighted by Gasteiger charge is 2.51. The minimum atomic E-state index is 0.232. The Morgan fingerprint density at radius 2 is 1.89 bits per heavy atom. The summed E-state index contributed by atoms with van der Waals surface area (Å²) in [5.74, 6) is 0.622. The van der Waals surface area contributed by atoms with E-state index in [4.69, 9.17) is 0 Å². The molecule has 1 heteroatoms. The highest BCUT2D eigenvalue weighted by Crippen LogP contribution is 2.56. The number of aryl methyl sites for hydroxylation is 1. The van der Waals surface area contributed by atoms with Crippen LogP contribution in [-0.2, 0) is 6.42 Å². The van der Waals surface area contributed by atoms with Gasteiger partial charge in [-0.3, -0.25) is 0 Å². The Labute approximate surface area is 111 Å². The summed E-state index contributed by atoms with van der Waals surface area (Å²) in [6.45, 7) is 13.3. The molecule has 1 aromatic carbocycles. The van der Waals surface area contributed by atoms with Gasteiger partial charge in [0.05, 0.1) is 0 Å². The third-order valence-electron chi connectivity index (χ3n) is 6.05. The Morgan fingerprint density at radius 1 is 1.17 bits per heavy atom. The van der Waals surface area contributed by atoms with E-state index in [2.05, 4.69) is 57.7 Å². The van der Waals surface area contributed by atoms with Gasteiger partial charge in [0, 0.05) is 17.8 Å². The first kappa shape index (κ1) is 12.1. The second-order valence-corrected chi connectivity index (χ2v) is 7.11. The van der Waals surface area contributed by atoms with Crippen LogP contribution in [0.25, 0.3) is 0 Å². The lowest BCUT2D eigenvalue weighted by Gasteiger charge is -2.59. The zero-order chi connectivity index (χ0) is 13.1. The van der Waals surface area contributed by atoms with Crippen molar-refractivity contribution in [1.82, 2.24) is 0 Å². The second kappa shape index (κ2) is 3.53. The number of anilines is 1. The summed E-state index contributed by atoms with van der Waals surface area (Å²) < 4.78 is 0. The van der Waals surface area contributed by atoms with Crippen LogP contribution in [0, 0.1) is 5.41 Å². The van der Waals surface area contributed by atoms with Crippen molar-refractivity contribution in [1.29, 1.82) is 0 Å². The Balaban J connectivity index is 2.29. The zero-order valence-electron chi connectivity index (χ0n) is 12.4. The van der Waals surface area contributed by atoms with Crippen molar-refractivity contribution in [3.8, 4) is 0 Å². The summed E-state index contributed by atoms with van der Waals surface area (Å²) in [6, 6.07) is 6.92. The molecule has 2 heterocycles. The van der Waals surface area contributed by atoms with E-state index < -0.39 is 0 Å². The Hall–Kier alpha value is -0.980. The van der Waals surface area contributed by atoms with Crippen molar-refractivity contribution in [3.63, 3.8) is 0 Å². The van der Waals surface area contributed by atoms with Gasteiger partial charge < -0.3 is 4.90 Å². The van der Waals surface area contributed by atoms with Gasteiger partial charge >= 0.3 is 0 Å². The average molecular weight is 243 g/mol. The van der Waals surface area contributed by atoms with Crippen molar-refractivity contribution in [3.05, 3.63) is 29.3 Å². The van der Waals surface area contributed by atoms with Crippen LogP contribution in [-0.4, -0.2) is 12.1 Å². The smallest absolute Gasteiger partial charge is 0.0438 e. The lowest BCUT2D eigenvalue weighted by molar-refractivity contribution is 0.137. The van der Waals surface area contributed by atoms with Crippen LogP contribution < -0.4 is 4.90 Å². The number of hydrogen-bond donors (Lipinski definition) is 0. The van der Waals surface area contributed by atoms with E-state index in [1.165, 1.54) is 19.4 Å². The van der Waals surface area contributed by atoms with E-state index in [-0.39, 0.29) is 5.54 Å². The third-order valence-corrected chi connectivity index (χ3v) is 6.05. The van der Waals surface area contributed by atoms with E-state index >= 15 is 0 Å². The molecule has 0 aromatic heterocycles. The second-order valence-electron chi connectivity index (χ2n) is 7.11. The maximum Gasteiger partial charge on any atom is 0.0438 e. The molecule has 1 nitrogen and oxygen atoms in total. The summed E-state index contributed by atoms with van der Waals surface area (Å²) in [4.78, 5) is 2.68. The first-order chi connectivity index (χ1) is 8.37. The molecule has 0 spiro atoms. The molecule has 1 atom stereocenters. The van der Waals surface area contributed by atoms with E-state index in [0.29, 0.717) is 11.3 Å². The first-order valence-corrected chi connectivity index (χ1v) is 7.27. The molecular weight excluding hydrogens is 218 g/mol. The molecular formula is C17H25N. The molecule has 0 aliphatic carbocycles. The van der Waals surface area contributed by atoms with Gasteiger partial charge in [-0.1, -0.05) is 39.0 Å². The summed E-state index contributed by atoms with van der Waals surface area (Å²) in [7, 11) is 0. The molecule has 0 fully saturated rings. The maximum absolute atomic E-state index is 2.68. The number of rotatable bonds is 0. The van der Waals surface area contributed by atoms with Gasteiger partial charge in [-0.15, -0.1) is 0 Å². The van der Waals surface area contributed by atoms with Gasteiger partial charge in [-0.25, -0.2) is 0 Å². The molecule has 0 saturated heterocycles. The van der Waals surface area contributed by atoms with Crippen LogP contribution in [0.1, 0.15) is 58.1 Å². The monoisotopic (exact) mass is 243 g/mol. The van der Waals surface area contributed by atoms with Crippen molar-refractivity contribution in [2.45, 2.75) is 58.9 Å². The van der Waals surface area contributed by atoms with Gasteiger partial charge in [0.15, 0.2) is 0 Å². The van der Waals surface area contributed by atoms with Crippen molar-refractivity contribution in [2.75, 3.05) is 11.4 Å². The minimum Gasteiger partial charge on any atom is -0.365 e. The quantitative estimate of drug-likeness (QED) is 0.654. The molecule has 2 aliphatic rings. The van der Waals surface area contributed by atoms with Crippen molar-refractivity contribution in [2.24, 2.45) is 5.41 Å². The van der Waals surface area contributed by atoms with Crippen LogP contribution in [0.2, 0.25) is 0 Å². The fourth-order valence-corrected chi connectivity index (χ4v) is 3.86. The van der Waals surface area contributed by atoms with E-state index in [1.54, 1.807) is 16.8 Å². The molecule has 3 rings (SSSR count). The van der Waals surface area contributed by atoms with Crippen LogP contribution in [0.5, 0.6) is 0 Å². The molecule has 1 aromatic rings. The standard InChI is InChI=1S/C17H25N/c1-12-14-10-6-8-13-9-7-11-18(15(13)14)17(4,5)16(12,2)3/h6,8,10,12H,7,9,11H2,1-5H3. The largest absolute Gasteiger partial charge is 0.365 e. The normalized spacial score (nSPS) is 27.8. The predicted molar refractivity (Wildman–Crippen MR) is 78.4 cm³/mol. The topological polar surface area (TPSA) is 3.24 Å². The molecule has 0 saturated carbocycles. The van der Waals surface area contributed by atoms with Crippen LogP contribution in [0.3, 0.4) is 0 Å². The van der Waals surface area contributed by atoms with E-state index in [1.807, 2.05) is 0 Å². The van der Waals surface area contributed by atoms with Crippen LogP contribution >= 0.6 is 0 Å². The van der Waals surface area contributed by atoms with Gasteiger partial charge in [-0.05, 0) is 49.1 Å². The first-order valence-electron chi connectivity index (χ1n) is 7.27. The van der Waals surface area contributed by atoms with Gasteiger partial charge in [0.2, 0.25) is 0 Å². The van der Waals surface area contributed by atoms with Crippen LogP contribution in [0.4, 0.5) is 5.69 Å². The SMILES string of the molecule is CC1c2cccc3c2N(CCC3)C(C)(C)C1(C)C. The minimum absolute atomic E-state index is 0.232. The van der Waals surface area contributed by atoms with E-state index in [0.717, 1.165) is 0 Å². The number of hydrogen-bond acceptors (Lipinski definition) is 1. The molecule has 18 heavy (non-hydrogen) atoms. The Morgan fingerprint density at radius 3 is 2.61 bits per heavy atom. The highest BCUT2D eigenvalue weighted by molar-refractivity contribution is 5.67. The predicted octanol–water partition coefficient (Wildman–Crippen LogP) is 4.36. The average Bonchev–Trinajstić information content (AvgIpc) is 2.34. The van der Waals surface area contributed by atoms with Gasteiger partial charge in [-0.2, -0.15) is 0 Å². The summed E-state index contributed by atoms with van der Waals surface area (Å²) in [5, 5.41) is 0. The number of para-hydroxylation sites is 1. The molecule has 98 valence electrons. The molecule has 0 N–H and O–H groups in total. The molecule has 1 unspecified atom stereocenters. The number of nitrogens with zero attached hydrogens (tertiary/aromatic N) is 1. The Bertz CT molecular complexity index is 484. The lowest BCUT2D eigenvalue weighted by atomic mass is 9.60.